The van der Waals surface area contributed by atoms with Crippen LogP contribution in [0.25, 0.3) is 0 Å². The number of hydrogen-bond acceptors (Lipinski definition) is 3. The molecule has 0 unspecified atom stereocenters. The number of guanidine groups is 1. The van der Waals surface area contributed by atoms with Gasteiger partial charge in [-0.05, 0) is 25.0 Å². The fourth-order valence-corrected chi connectivity index (χ4v) is 2.36. The molecule has 0 bridgehead atoms. The third-order valence-corrected chi connectivity index (χ3v) is 3.71. The van der Waals surface area contributed by atoms with Gasteiger partial charge in [-0.2, -0.15) is 0 Å². The fraction of sp³-hybridized carbons (Fsp3) is 0.562. The molecule has 0 radical (unpaired) electrons. The van der Waals surface area contributed by atoms with E-state index < -0.39 is 0 Å². The highest BCUT2D eigenvalue weighted by Gasteiger charge is 2.11. The van der Waals surface area contributed by atoms with E-state index >= 15 is 0 Å². The molecule has 1 heterocycles. The predicted molar refractivity (Wildman–Crippen MR) is 87.8 cm³/mol. The predicted octanol–water partition coefficient (Wildman–Crippen LogP) is 1.55. The molecular formula is C16H26N4O. The Morgan fingerprint density at radius 3 is 2.67 bits per heavy atom. The van der Waals surface area contributed by atoms with Crippen LogP contribution in [0.4, 0.5) is 5.69 Å². The lowest BCUT2D eigenvalue weighted by atomic mass is 10.2. The van der Waals surface area contributed by atoms with E-state index in [1.54, 1.807) is 0 Å². The number of morpholine rings is 1. The summed E-state index contributed by atoms with van der Waals surface area (Å²) in [6.45, 7) is 5.04. The van der Waals surface area contributed by atoms with Crippen LogP contribution in [0.3, 0.4) is 0 Å². The monoisotopic (exact) mass is 290 g/mol. The summed E-state index contributed by atoms with van der Waals surface area (Å²) in [6, 6.07) is 10.4. The number of aliphatic imine (C=N–C) groups is 1. The minimum Gasteiger partial charge on any atom is -0.378 e. The third kappa shape index (κ3) is 5.27. The lowest BCUT2D eigenvalue weighted by molar-refractivity contribution is 0.0674. The summed E-state index contributed by atoms with van der Waals surface area (Å²) in [5.74, 6) is 0.662. The van der Waals surface area contributed by atoms with Gasteiger partial charge in [0.2, 0.25) is 0 Å². The van der Waals surface area contributed by atoms with E-state index in [1.165, 1.54) is 5.69 Å². The molecule has 1 aromatic carbocycles. The number of ether oxygens (including phenoxy) is 1. The molecule has 21 heavy (non-hydrogen) atoms. The highest BCUT2D eigenvalue weighted by molar-refractivity contribution is 5.78. The van der Waals surface area contributed by atoms with Crippen molar-refractivity contribution in [3.8, 4) is 0 Å². The van der Waals surface area contributed by atoms with Gasteiger partial charge in [-0.1, -0.05) is 18.2 Å². The summed E-state index contributed by atoms with van der Waals surface area (Å²) in [7, 11) is 2.13. The van der Waals surface area contributed by atoms with Gasteiger partial charge in [0.05, 0.1) is 13.2 Å². The van der Waals surface area contributed by atoms with Gasteiger partial charge in [-0.15, -0.1) is 0 Å². The van der Waals surface area contributed by atoms with Gasteiger partial charge in [0.15, 0.2) is 5.96 Å². The first kappa shape index (κ1) is 15.6. The molecule has 116 valence electrons. The van der Waals surface area contributed by atoms with Crippen molar-refractivity contribution in [2.24, 2.45) is 10.7 Å². The van der Waals surface area contributed by atoms with Crippen molar-refractivity contribution >= 4 is 11.6 Å². The molecule has 0 atom stereocenters. The van der Waals surface area contributed by atoms with Crippen molar-refractivity contribution in [3.05, 3.63) is 30.3 Å². The number of nitrogens with zero attached hydrogens (tertiary/aromatic N) is 3. The average molecular weight is 290 g/mol. The van der Waals surface area contributed by atoms with Gasteiger partial charge >= 0.3 is 0 Å². The number of benzene rings is 1. The van der Waals surface area contributed by atoms with Crippen LogP contribution in [0.2, 0.25) is 0 Å². The SMILES string of the molecule is CN(CCCCN=C(N)N1CCOCC1)c1ccccc1. The quantitative estimate of drug-likeness (QED) is 0.491. The molecule has 0 spiro atoms. The Labute approximate surface area is 127 Å². The molecular weight excluding hydrogens is 264 g/mol. The first-order valence-corrected chi connectivity index (χ1v) is 7.66. The summed E-state index contributed by atoms with van der Waals surface area (Å²) in [6.07, 6.45) is 2.17. The van der Waals surface area contributed by atoms with E-state index in [9.17, 15) is 0 Å². The molecule has 5 nitrogen and oxygen atoms in total. The largest absolute Gasteiger partial charge is 0.378 e. The minimum absolute atomic E-state index is 0.662. The summed E-state index contributed by atoms with van der Waals surface area (Å²) >= 11 is 0. The van der Waals surface area contributed by atoms with Crippen LogP contribution in [-0.2, 0) is 4.74 Å². The number of hydrogen-bond donors (Lipinski definition) is 1. The number of para-hydroxylation sites is 1. The highest BCUT2D eigenvalue weighted by atomic mass is 16.5. The Hall–Kier alpha value is -1.75. The van der Waals surface area contributed by atoms with Crippen LogP contribution in [0, 0.1) is 0 Å². The second-order valence-electron chi connectivity index (χ2n) is 5.30. The van der Waals surface area contributed by atoms with Crippen LogP contribution < -0.4 is 10.6 Å². The van der Waals surface area contributed by atoms with Gasteiger partial charge in [-0.25, -0.2) is 0 Å². The molecule has 5 heteroatoms. The molecule has 1 aliphatic heterocycles. The van der Waals surface area contributed by atoms with Crippen LogP contribution in [0.1, 0.15) is 12.8 Å². The fourth-order valence-electron chi connectivity index (χ4n) is 2.36. The number of unbranched alkanes of at least 4 members (excludes halogenated alkanes) is 1. The zero-order valence-electron chi connectivity index (χ0n) is 12.9. The van der Waals surface area contributed by atoms with E-state index in [0.29, 0.717) is 5.96 Å². The highest BCUT2D eigenvalue weighted by Crippen LogP contribution is 2.11. The van der Waals surface area contributed by atoms with E-state index in [4.69, 9.17) is 10.5 Å². The van der Waals surface area contributed by atoms with Crippen molar-refractivity contribution in [2.75, 3.05) is 51.3 Å². The number of anilines is 1. The van der Waals surface area contributed by atoms with Gasteiger partial charge in [0.25, 0.3) is 0 Å². The summed E-state index contributed by atoms with van der Waals surface area (Å²) in [5, 5.41) is 0. The molecule has 1 aliphatic rings. The maximum atomic E-state index is 5.99. The van der Waals surface area contributed by atoms with Crippen LogP contribution in [-0.4, -0.2) is 57.3 Å². The molecule has 1 fully saturated rings. The maximum absolute atomic E-state index is 5.99. The van der Waals surface area contributed by atoms with Crippen molar-refractivity contribution in [1.82, 2.24) is 4.90 Å². The zero-order valence-corrected chi connectivity index (χ0v) is 12.9. The van der Waals surface area contributed by atoms with Crippen molar-refractivity contribution in [1.29, 1.82) is 0 Å². The van der Waals surface area contributed by atoms with Gasteiger partial charge < -0.3 is 20.3 Å². The lowest BCUT2D eigenvalue weighted by Crippen LogP contribution is -2.44. The smallest absolute Gasteiger partial charge is 0.191 e. The average Bonchev–Trinajstić information content (AvgIpc) is 2.55. The van der Waals surface area contributed by atoms with E-state index in [1.807, 2.05) is 6.07 Å². The number of nitrogens with two attached hydrogens (primary N) is 1. The second kappa shape index (κ2) is 8.52. The Kier molecular flexibility index (Phi) is 6.34. The Balaban J connectivity index is 1.63. The second-order valence-corrected chi connectivity index (χ2v) is 5.30. The molecule has 0 aliphatic carbocycles. The van der Waals surface area contributed by atoms with Gasteiger partial charge in [-0.3, -0.25) is 4.99 Å². The first-order valence-electron chi connectivity index (χ1n) is 7.66. The lowest BCUT2D eigenvalue weighted by Gasteiger charge is -2.27. The van der Waals surface area contributed by atoms with E-state index in [2.05, 4.69) is 46.1 Å². The van der Waals surface area contributed by atoms with Crippen LogP contribution in [0.5, 0.6) is 0 Å². The standard InChI is InChI=1S/C16H26N4O/c1-19(15-7-3-2-4-8-15)10-6-5-9-18-16(17)20-11-13-21-14-12-20/h2-4,7-8H,5-6,9-14H2,1H3,(H2,17,18). The Morgan fingerprint density at radius 2 is 1.95 bits per heavy atom. The third-order valence-electron chi connectivity index (χ3n) is 3.71. The zero-order chi connectivity index (χ0) is 14.9. The topological polar surface area (TPSA) is 54.1 Å². The summed E-state index contributed by atoms with van der Waals surface area (Å²) < 4.78 is 5.30. The van der Waals surface area contributed by atoms with Crippen molar-refractivity contribution in [2.45, 2.75) is 12.8 Å². The Morgan fingerprint density at radius 1 is 1.24 bits per heavy atom. The molecule has 0 saturated carbocycles. The molecule has 2 N–H and O–H groups in total. The maximum Gasteiger partial charge on any atom is 0.191 e. The van der Waals surface area contributed by atoms with Crippen molar-refractivity contribution < 1.29 is 4.74 Å². The Bertz CT molecular complexity index is 429. The van der Waals surface area contributed by atoms with Gasteiger partial charge in [0, 0.05) is 38.9 Å². The van der Waals surface area contributed by atoms with E-state index in [-0.39, 0.29) is 0 Å². The van der Waals surface area contributed by atoms with Crippen LogP contribution >= 0.6 is 0 Å². The van der Waals surface area contributed by atoms with Crippen molar-refractivity contribution in [3.63, 3.8) is 0 Å². The normalized spacial score (nSPS) is 16.0. The van der Waals surface area contributed by atoms with E-state index in [0.717, 1.165) is 52.2 Å². The molecule has 2 rings (SSSR count). The first-order chi connectivity index (χ1) is 10.3. The molecule has 0 amide bonds. The molecule has 0 aromatic heterocycles. The molecule has 1 aromatic rings. The minimum atomic E-state index is 0.662. The van der Waals surface area contributed by atoms with Gasteiger partial charge in [0.1, 0.15) is 0 Å². The summed E-state index contributed by atoms with van der Waals surface area (Å²) in [4.78, 5) is 8.83. The molecule has 1 saturated heterocycles. The summed E-state index contributed by atoms with van der Waals surface area (Å²) in [5.41, 5.74) is 7.25. The van der Waals surface area contributed by atoms with Crippen LogP contribution in [0.15, 0.2) is 35.3 Å². The number of rotatable bonds is 6.